The van der Waals surface area contributed by atoms with Crippen molar-refractivity contribution >= 4 is 11.6 Å². The zero-order valence-corrected chi connectivity index (χ0v) is 23.4. The van der Waals surface area contributed by atoms with Crippen molar-refractivity contribution in [3.63, 3.8) is 0 Å². The maximum atomic E-state index is 12.9. The molecule has 1 aromatic heterocycles. The monoisotopic (exact) mass is 504 g/mol. The highest BCUT2D eigenvalue weighted by Gasteiger charge is 2.32. The van der Waals surface area contributed by atoms with E-state index in [-0.39, 0.29) is 11.6 Å². The second-order valence-corrected chi connectivity index (χ2v) is 11.1. The lowest BCUT2D eigenvalue weighted by molar-refractivity contribution is -0.135. The Hall–Kier alpha value is -2.36. The number of nitrogens with zero attached hydrogens (tertiary/aromatic N) is 2. The van der Waals surface area contributed by atoms with E-state index in [0.717, 1.165) is 36.8 Å². The molecular formula is C33H48N2O2. The Kier molecular flexibility index (Phi) is 13.0. The van der Waals surface area contributed by atoms with Gasteiger partial charge in [0.15, 0.2) is 5.82 Å². The van der Waals surface area contributed by atoms with Crippen molar-refractivity contribution in [2.45, 2.75) is 123 Å². The van der Waals surface area contributed by atoms with Crippen molar-refractivity contribution in [1.82, 2.24) is 9.97 Å². The molecular weight excluding hydrogens is 456 g/mol. The molecule has 1 aromatic carbocycles. The van der Waals surface area contributed by atoms with E-state index in [1.165, 1.54) is 76.2 Å². The molecule has 1 saturated carbocycles. The average Bonchev–Trinajstić information content (AvgIpc) is 2.91. The van der Waals surface area contributed by atoms with Crippen LogP contribution in [0.3, 0.4) is 0 Å². The van der Waals surface area contributed by atoms with Gasteiger partial charge in [-0.2, -0.15) is 0 Å². The molecule has 1 fully saturated rings. The highest BCUT2D eigenvalue weighted by Crippen LogP contribution is 2.31. The van der Waals surface area contributed by atoms with Crippen LogP contribution in [0.4, 0.5) is 0 Å². The predicted octanol–water partition coefficient (Wildman–Crippen LogP) is 8.50. The minimum atomic E-state index is -0.404. The molecule has 0 aliphatic heterocycles. The molecule has 1 aliphatic carbocycles. The number of hydrogen-bond acceptors (Lipinski definition) is 4. The van der Waals surface area contributed by atoms with Crippen LogP contribution < -0.4 is 0 Å². The Morgan fingerprint density at radius 3 is 2.05 bits per heavy atom. The number of unbranched alkanes of at least 4 members (excludes halogenated alkanes) is 9. The first-order chi connectivity index (χ1) is 18.1. The van der Waals surface area contributed by atoms with Crippen LogP contribution in [0.15, 0.2) is 36.7 Å². The third kappa shape index (κ3) is 10.1. The number of rotatable bonds is 17. The van der Waals surface area contributed by atoms with Crippen molar-refractivity contribution in [3.8, 4) is 11.4 Å². The molecule has 0 amide bonds. The molecule has 3 rings (SSSR count). The molecule has 4 nitrogen and oxygen atoms in total. The number of ketones is 2. The maximum absolute atomic E-state index is 12.9. The van der Waals surface area contributed by atoms with E-state index in [2.05, 4.69) is 23.8 Å². The summed E-state index contributed by atoms with van der Waals surface area (Å²) >= 11 is 0. The first-order valence-corrected chi connectivity index (χ1v) is 15.1. The van der Waals surface area contributed by atoms with Gasteiger partial charge in [0, 0.05) is 30.8 Å². The SMILES string of the molecule is CCCCCCCCc1cnc(-c2ccc(CC(=O)C3CCC(CCCCCCC)CC3=O)cc2)nc1. The maximum Gasteiger partial charge on any atom is 0.159 e. The van der Waals surface area contributed by atoms with E-state index in [1.807, 2.05) is 36.7 Å². The fourth-order valence-corrected chi connectivity index (χ4v) is 5.55. The summed E-state index contributed by atoms with van der Waals surface area (Å²) < 4.78 is 0. The van der Waals surface area contributed by atoms with Crippen molar-refractivity contribution in [1.29, 1.82) is 0 Å². The molecule has 2 aromatic rings. The number of benzene rings is 1. The molecule has 0 N–H and O–H groups in total. The second-order valence-electron chi connectivity index (χ2n) is 11.1. The van der Waals surface area contributed by atoms with Crippen LogP contribution in [0.1, 0.15) is 121 Å². The minimum Gasteiger partial charge on any atom is -0.299 e. The molecule has 202 valence electrons. The number of carbonyl (C=O) groups excluding carboxylic acids is 2. The van der Waals surface area contributed by atoms with Crippen molar-refractivity contribution in [2.24, 2.45) is 11.8 Å². The van der Waals surface area contributed by atoms with E-state index in [0.29, 0.717) is 24.6 Å². The molecule has 2 atom stereocenters. The molecule has 2 unspecified atom stereocenters. The number of aromatic nitrogens is 2. The quantitative estimate of drug-likeness (QED) is 0.160. The molecule has 37 heavy (non-hydrogen) atoms. The predicted molar refractivity (Wildman–Crippen MR) is 152 cm³/mol. The second kappa shape index (κ2) is 16.5. The Morgan fingerprint density at radius 1 is 0.784 bits per heavy atom. The molecule has 0 spiro atoms. The van der Waals surface area contributed by atoms with E-state index >= 15 is 0 Å². The standard InChI is InChI=1S/C33H48N2O2/c1-3-5-7-9-11-13-15-28-24-34-33(35-25-28)29-19-16-27(17-20-29)23-32(37)30-21-18-26(22-31(30)36)14-12-10-8-6-4-2/h16-17,19-20,24-26,30H,3-15,18,21-23H2,1-2H3. The number of Topliss-reactive ketones (excluding diaryl/α,β-unsaturated/α-hetero) is 2. The summed E-state index contributed by atoms with van der Waals surface area (Å²) in [7, 11) is 0. The van der Waals surface area contributed by atoms with Gasteiger partial charge in [-0.05, 0) is 42.7 Å². The molecule has 1 aliphatic rings. The Morgan fingerprint density at radius 2 is 1.41 bits per heavy atom. The lowest BCUT2D eigenvalue weighted by Gasteiger charge is -2.26. The smallest absolute Gasteiger partial charge is 0.159 e. The highest BCUT2D eigenvalue weighted by atomic mass is 16.1. The average molecular weight is 505 g/mol. The van der Waals surface area contributed by atoms with Crippen LogP contribution in [-0.2, 0) is 22.4 Å². The van der Waals surface area contributed by atoms with Crippen molar-refractivity contribution in [2.75, 3.05) is 0 Å². The lowest BCUT2D eigenvalue weighted by atomic mass is 9.76. The fourth-order valence-electron chi connectivity index (χ4n) is 5.55. The normalized spacial score (nSPS) is 17.7. The summed E-state index contributed by atoms with van der Waals surface area (Å²) in [5, 5.41) is 0. The van der Waals surface area contributed by atoms with Gasteiger partial charge >= 0.3 is 0 Å². The Labute approximate surface area is 225 Å². The highest BCUT2D eigenvalue weighted by molar-refractivity contribution is 6.03. The van der Waals surface area contributed by atoms with Gasteiger partial charge in [0.25, 0.3) is 0 Å². The molecule has 1 heterocycles. The third-order valence-electron chi connectivity index (χ3n) is 7.96. The van der Waals surface area contributed by atoms with Gasteiger partial charge in [-0.15, -0.1) is 0 Å². The summed E-state index contributed by atoms with van der Waals surface area (Å²) in [6, 6.07) is 7.94. The van der Waals surface area contributed by atoms with Gasteiger partial charge in [-0.3, -0.25) is 9.59 Å². The van der Waals surface area contributed by atoms with Crippen LogP contribution in [0, 0.1) is 11.8 Å². The number of carbonyl (C=O) groups is 2. The first kappa shape index (κ1) is 29.2. The van der Waals surface area contributed by atoms with Crippen LogP contribution in [-0.4, -0.2) is 21.5 Å². The van der Waals surface area contributed by atoms with Crippen LogP contribution in [0.25, 0.3) is 11.4 Å². The number of hydrogen-bond donors (Lipinski definition) is 0. The van der Waals surface area contributed by atoms with E-state index in [1.54, 1.807) is 0 Å². The minimum absolute atomic E-state index is 0.0782. The van der Waals surface area contributed by atoms with Crippen molar-refractivity contribution in [3.05, 3.63) is 47.8 Å². The van der Waals surface area contributed by atoms with Gasteiger partial charge in [-0.1, -0.05) is 109 Å². The van der Waals surface area contributed by atoms with E-state index < -0.39 is 5.92 Å². The molecule has 4 heteroatoms. The zero-order chi connectivity index (χ0) is 26.3. The Bertz CT molecular complexity index is 936. The van der Waals surface area contributed by atoms with E-state index in [9.17, 15) is 9.59 Å². The first-order valence-electron chi connectivity index (χ1n) is 15.1. The topological polar surface area (TPSA) is 59.9 Å². The summed E-state index contributed by atoms with van der Waals surface area (Å²) in [5.74, 6) is 1.04. The molecule has 0 bridgehead atoms. The van der Waals surface area contributed by atoms with Crippen LogP contribution >= 0.6 is 0 Å². The van der Waals surface area contributed by atoms with Crippen LogP contribution in [0.2, 0.25) is 0 Å². The Balaban J connectivity index is 1.41. The molecule has 0 saturated heterocycles. The largest absolute Gasteiger partial charge is 0.299 e. The van der Waals surface area contributed by atoms with Crippen molar-refractivity contribution < 1.29 is 9.59 Å². The van der Waals surface area contributed by atoms with Gasteiger partial charge in [-0.25, -0.2) is 9.97 Å². The van der Waals surface area contributed by atoms with Gasteiger partial charge in [0.1, 0.15) is 11.6 Å². The summed E-state index contributed by atoms with van der Waals surface area (Å²) in [6.07, 6.45) is 22.8. The lowest BCUT2D eigenvalue weighted by Crippen LogP contribution is -2.32. The van der Waals surface area contributed by atoms with Gasteiger partial charge < -0.3 is 0 Å². The zero-order valence-electron chi connectivity index (χ0n) is 23.4. The van der Waals surface area contributed by atoms with Gasteiger partial charge in [0.2, 0.25) is 0 Å². The van der Waals surface area contributed by atoms with E-state index in [4.69, 9.17) is 0 Å². The summed E-state index contributed by atoms with van der Waals surface area (Å²) in [5.41, 5.74) is 3.11. The third-order valence-corrected chi connectivity index (χ3v) is 7.96. The number of aryl methyl sites for hydroxylation is 1. The molecule has 0 radical (unpaired) electrons. The summed E-state index contributed by atoms with van der Waals surface area (Å²) in [4.78, 5) is 34.8. The summed E-state index contributed by atoms with van der Waals surface area (Å²) in [6.45, 7) is 4.48. The van der Waals surface area contributed by atoms with Crippen LogP contribution in [0.5, 0.6) is 0 Å². The fraction of sp³-hybridized carbons (Fsp3) is 0.636. The van der Waals surface area contributed by atoms with Gasteiger partial charge in [0.05, 0.1) is 5.92 Å².